The first-order chi connectivity index (χ1) is 8.73. The maximum absolute atomic E-state index is 11.7. The van der Waals surface area contributed by atoms with E-state index < -0.39 is 11.7 Å². The van der Waals surface area contributed by atoms with Crippen LogP contribution in [0.4, 0.5) is 4.79 Å². The lowest BCUT2D eigenvalue weighted by Gasteiger charge is -2.22. The number of benzene rings is 1. The third kappa shape index (κ3) is 5.11. The zero-order chi connectivity index (χ0) is 14.6. The summed E-state index contributed by atoms with van der Waals surface area (Å²) in [5.74, 6) is 0.764. The third-order valence-corrected chi connectivity index (χ3v) is 3.09. The van der Waals surface area contributed by atoms with Gasteiger partial charge < -0.3 is 14.8 Å². The van der Waals surface area contributed by atoms with Crippen molar-refractivity contribution in [1.82, 2.24) is 5.32 Å². The number of carbonyl (C=O) groups excluding carboxylic acids is 1. The summed E-state index contributed by atoms with van der Waals surface area (Å²) in [5.41, 5.74) is 0.465. The van der Waals surface area contributed by atoms with Gasteiger partial charge in [0, 0.05) is 4.47 Å². The van der Waals surface area contributed by atoms with Crippen molar-refractivity contribution in [3.8, 4) is 5.75 Å². The van der Waals surface area contributed by atoms with E-state index in [4.69, 9.17) is 9.47 Å². The number of rotatable bonds is 3. The minimum atomic E-state index is -0.499. The Morgan fingerprint density at radius 1 is 1.37 bits per heavy atom. The van der Waals surface area contributed by atoms with Crippen LogP contribution in [-0.4, -0.2) is 18.8 Å². The SMILES string of the molecule is COc1ccc([C@H](C)NC(=O)OC(C)(C)C)c(Br)c1. The van der Waals surface area contributed by atoms with Crippen molar-refractivity contribution in [2.45, 2.75) is 39.3 Å². The van der Waals surface area contributed by atoms with Gasteiger partial charge in [0.15, 0.2) is 0 Å². The predicted molar refractivity (Wildman–Crippen MR) is 78.5 cm³/mol. The van der Waals surface area contributed by atoms with E-state index in [1.54, 1.807) is 7.11 Å². The second kappa shape index (κ2) is 6.28. The summed E-state index contributed by atoms with van der Waals surface area (Å²) in [5, 5.41) is 2.80. The largest absolute Gasteiger partial charge is 0.497 e. The summed E-state index contributed by atoms with van der Waals surface area (Å²) >= 11 is 3.47. The topological polar surface area (TPSA) is 47.6 Å². The van der Waals surface area contributed by atoms with Crippen LogP contribution in [0.2, 0.25) is 0 Å². The minimum Gasteiger partial charge on any atom is -0.497 e. The van der Waals surface area contributed by atoms with Crippen LogP contribution < -0.4 is 10.1 Å². The van der Waals surface area contributed by atoms with Crippen LogP contribution in [0.25, 0.3) is 0 Å². The van der Waals surface area contributed by atoms with Crippen LogP contribution in [0, 0.1) is 0 Å². The number of halogens is 1. The van der Waals surface area contributed by atoms with Gasteiger partial charge in [0.1, 0.15) is 11.4 Å². The zero-order valence-electron chi connectivity index (χ0n) is 11.9. The molecule has 1 aromatic carbocycles. The van der Waals surface area contributed by atoms with Crippen LogP contribution >= 0.6 is 15.9 Å². The summed E-state index contributed by atoms with van der Waals surface area (Å²) in [7, 11) is 1.61. The molecule has 0 aliphatic carbocycles. The fraction of sp³-hybridized carbons (Fsp3) is 0.500. The van der Waals surface area contributed by atoms with E-state index in [0.29, 0.717) is 0 Å². The van der Waals surface area contributed by atoms with Crippen LogP contribution in [0.3, 0.4) is 0 Å². The normalized spacial score (nSPS) is 12.7. The van der Waals surface area contributed by atoms with Crippen molar-refractivity contribution in [2.75, 3.05) is 7.11 Å². The number of alkyl carbamates (subject to hydrolysis) is 1. The number of amides is 1. The molecule has 0 aliphatic heterocycles. The summed E-state index contributed by atoms with van der Waals surface area (Å²) in [6, 6.07) is 5.47. The lowest BCUT2D eigenvalue weighted by molar-refractivity contribution is 0.0508. The smallest absolute Gasteiger partial charge is 0.408 e. The Hall–Kier alpha value is -1.23. The second-order valence-corrected chi connectivity index (χ2v) is 6.11. The van der Waals surface area contributed by atoms with Crippen molar-refractivity contribution >= 4 is 22.0 Å². The van der Waals surface area contributed by atoms with E-state index in [-0.39, 0.29) is 6.04 Å². The summed E-state index contributed by atoms with van der Waals surface area (Å²) in [4.78, 5) is 11.7. The highest BCUT2D eigenvalue weighted by molar-refractivity contribution is 9.10. The molecule has 106 valence electrons. The summed E-state index contributed by atoms with van der Waals surface area (Å²) in [6.07, 6.45) is -0.428. The number of carbonyl (C=O) groups is 1. The lowest BCUT2D eigenvalue weighted by atomic mass is 10.1. The first-order valence-corrected chi connectivity index (χ1v) is 6.85. The molecule has 0 saturated carbocycles. The first kappa shape index (κ1) is 15.8. The maximum atomic E-state index is 11.7. The molecule has 0 fully saturated rings. The van der Waals surface area contributed by atoms with E-state index in [1.807, 2.05) is 45.9 Å². The van der Waals surface area contributed by atoms with Crippen LogP contribution in [-0.2, 0) is 4.74 Å². The van der Waals surface area contributed by atoms with Crippen molar-refractivity contribution in [1.29, 1.82) is 0 Å². The molecule has 0 unspecified atom stereocenters. The fourth-order valence-corrected chi connectivity index (χ4v) is 2.25. The van der Waals surface area contributed by atoms with Crippen LogP contribution in [0.1, 0.15) is 39.3 Å². The first-order valence-electron chi connectivity index (χ1n) is 6.06. The maximum Gasteiger partial charge on any atom is 0.408 e. The van der Waals surface area contributed by atoms with Crippen molar-refractivity contribution in [2.24, 2.45) is 0 Å². The molecule has 0 aliphatic rings. The van der Waals surface area contributed by atoms with Gasteiger partial charge in [-0.3, -0.25) is 0 Å². The van der Waals surface area contributed by atoms with Gasteiger partial charge in [-0.1, -0.05) is 22.0 Å². The Bertz CT molecular complexity index is 454. The Morgan fingerprint density at radius 3 is 2.47 bits per heavy atom. The van der Waals surface area contributed by atoms with Gasteiger partial charge in [-0.2, -0.15) is 0 Å². The molecular weight excluding hydrogens is 310 g/mol. The average molecular weight is 330 g/mol. The Morgan fingerprint density at radius 2 is 2.00 bits per heavy atom. The number of ether oxygens (including phenoxy) is 2. The molecule has 1 aromatic rings. The monoisotopic (exact) mass is 329 g/mol. The molecule has 5 heteroatoms. The van der Waals surface area contributed by atoms with Gasteiger partial charge in [0.2, 0.25) is 0 Å². The zero-order valence-corrected chi connectivity index (χ0v) is 13.5. The number of hydrogen-bond acceptors (Lipinski definition) is 3. The van der Waals surface area contributed by atoms with E-state index in [0.717, 1.165) is 15.8 Å². The van der Waals surface area contributed by atoms with E-state index in [1.165, 1.54) is 0 Å². The molecule has 0 heterocycles. The van der Waals surface area contributed by atoms with Gasteiger partial charge in [0.05, 0.1) is 13.2 Å². The highest BCUT2D eigenvalue weighted by Gasteiger charge is 2.19. The molecular formula is C14H20BrNO3. The molecule has 0 radical (unpaired) electrons. The number of nitrogens with one attached hydrogen (secondary N) is 1. The molecule has 0 spiro atoms. The van der Waals surface area contributed by atoms with Gasteiger partial charge in [0.25, 0.3) is 0 Å². The molecule has 0 saturated heterocycles. The van der Waals surface area contributed by atoms with Crippen molar-refractivity contribution in [3.05, 3.63) is 28.2 Å². The molecule has 1 N–H and O–H groups in total. The molecule has 1 rings (SSSR count). The van der Waals surface area contributed by atoms with Gasteiger partial charge in [-0.05, 0) is 45.4 Å². The highest BCUT2D eigenvalue weighted by atomic mass is 79.9. The van der Waals surface area contributed by atoms with Crippen molar-refractivity contribution < 1.29 is 14.3 Å². The standard InChI is InChI=1S/C14H20BrNO3/c1-9(16-13(17)19-14(2,3)4)11-7-6-10(18-5)8-12(11)15/h6-9H,1-5H3,(H,16,17)/t9-/m0/s1. The van der Waals surface area contributed by atoms with Gasteiger partial charge >= 0.3 is 6.09 Å². The quantitative estimate of drug-likeness (QED) is 0.910. The fourth-order valence-electron chi connectivity index (χ4n) is 1.55. The molecule has 0 bridgehead atoms. The summed E-state index contributed by atoms with van der Waals surface area (Å²) in [6.45, 7) is 7.40. The molecule has 1 amide bonds. The molecule has 19 heavy (non-hydrogen) atoms. The van der Waals surface area contributed by atoms with E-state index >= 15 is 0 Å². The Balaban J connectivity index is 2.73. The second-order valence-electron chi connectivity index (χ2n) is 5.26. The average Bonchev–Trinajstić information content (AvgIpc) is 2.25. The Kier molecular flexibility index (Phi) is 5.23. The van der Waals surface area contributed by atoms with Gasteiger partial charge in [-0.15, -0.1) is 0 Å². The third-order valence-electron chi connectivity index (χ3n) is 2.41. The van der Waals surface area contributed by atoms with Crippen molar-refractivity contribution in [3.63, 3.8) is 0 Å². The molecule has 1 atom stereocenters. The van der Waals surface area contributed by atoms with E-state index in [2.05, 4.69) is 21.2 Å². The number of methoxy groups -OCH3 is 1. The molecule has 4 nitrogen and oxygen atoms in total. The van der Waals surface area contributed by atoms with Crippen LogP contribution in [0.15, 0.2) is 22.7 Å². The summed E-state index contributed by atoms with van der Waals surface area (Å²) < 4.78 is 11.2. The predicted octanol–water partition coefficient (Wildman–Crippen LogP) is 4.04. The lowest BCUT2D eigenvalue weighted by Crippen LogP contribution is -2.34. The van der Waals surface area contributed by atoms with Gasteiger partial charge in [-0.25, -0.2) is 4.79 Å². The van der Waals surface area contributed by atoms with E-state index in [9.17, 15) is 4.79 Å². The minimum absolute atomic E-state index is 0.157. The Labute approximate surface area is 122 Å². The number of hydrogen-bond donors (Lipinski definition) is 1. The molecule has 0 aromatic heterocycles. The van der Waals surface area contributed by atoms with Crippen LogP contribution in [0.5, 0.6) is 5.75 Å². The highest BCUT2D eigenvalue weighted by Crippen LogP contribution is 2.27.